The van der Waals surface area contributed by atoms with Crippen LogP contribution in [0.3, 0.4) is 0 Å². The van der Waals surface area contributed by atoms with E-state index in [9.17, 15) is 9.59 Å². The van der Waals surface area contributed by atoms with Crippen molar-refractivity contribution in [3.8, 4) is 0 Å². The molecule has 1 aliphatic heterocycles. The molecule has 0 spiro atoms. The summed E-state index contributed by atoms with van der Waals surface area (Å²) in [5.74, 6) is 2.12. The van der Waals surface area contributed by atoms with Crippen molar-refractivity contribution in [1.82, 2.24) is 14.9 Å². The highest BCUT2D eigenvalue weighted by atomic mass is 16.5. The number of carbonyl (C=O) groups excluding carboxylic acids is 2. The van der Waals surface area contributed by atoms with Gasteiger partial charge in [-0.2, -0.15) is 0 Å². The zero-order valence-corrected chi connectivity index (χ0v) is 15.3. The Morgan fingerprint density at radius 1 is 1.12 bits per heavy atom. The summed E-state index contributed by atoms with van der Waals surface area (Å²) in [5.41, 5.74) is 3.00. The molecular weight excluding hydrogens is 330 g/mol. The van der Waals surface area contributed by atoms with Gasteiger partial charge in [0.25, 0.3) is 5.91 Å². The fraction of sp³-hybridized carbons (Fsp3) is 0.700. The van der Waals surface area contributed by atoms with Gasteiger partial charge in [-0.05, 0) is 69.3 Å². The van der Waals surface area contributed by atoms with E-state index in [0.717, 1.165) is 42.7 Å². The first-order valence-electron chi connectivity index (χ1n) is 9.94. The van der Waals surface area contributed by atoms with Crippen molar-refractivity contribution in [2.75, 3.05) is 6.54 Å². The maximum atomic E-state index is 13.7. The molecule has 4 aliphatic carbocycles. The van der Waals surface area contributed by atoms with E-state index in [-0.39, 0.29) is 11.5 Å². The Balaban J connectivity index is 1.42. The van der Waals surface area contributed by atoms with Gasteiger partial charge in [-0.1, -0.05) is 0 Å². The molecule has 0 aromatic carbocycles. The molecule has 1 atom stereocenters. The quantitative estimate of drug-likeness (QED) is 0.631. The number of aromatic nitrogens is 1. The third-order valence-corrected chi connectivity index (χ3v) is 7.52. The summed E-state index contributed by atoms with van der Waals surface area (Å²) in [7, 11) is 0. The minimum absolute atomic E-state index is 0.0375. The van der Waals surface area contributed by atoms with Crippen molar-refractivity contribution < 1.29 is 14.8 Å². The van der Waals surface area contributed by atoms with Gasteiger partial charge in [0.15, 0.2) is 0 Å². The highest BCUT2D eigenvalue weighted by molar-refractivity contribution is 5.93. The van der Waals surface area contributed by atoms with Crippen LogP contribution in [0.1, 0.15) is 67.5 Å². The number of rotatable bonds is 2. The van der Waals surface area contributed by atoms with E-state index in [2.05, 4.69) is 11.8 Å². The Labute approximate surface area is 153 Å². The molecule has 4 saturated carbocycles. The number of hydrogen-bond donors (Lipinski definition) is 2. The van der Waals surface area contributed by atoms with E-state index in [1.807, 2.05) is 4.57 Å². The molecule has 6 nitrogen and oxygen atoms in total. The molecule has 4 fully saturated rings. The number of hydrogen-bond acceptors (Lipinski definition) is 3. The first-order valence-corrected chi connectivity index (χ1v) is 9.94. The standard InChI is InChI=1S/C20H27N3O3/c1-12-17-7-16(18(24)21-26)11-22(17)2-3-23(12)19(25)20-8-13-4-14(9-20)6-15(5-13)10-20/h7,11-15,26H,2-6,8-10H2,1H3,(H,21,24). The monoisotopic (exact) mass is 357 g/mol. The predicted molar refractivity (Wildman–Crippen MR) is 94.4 cm³/mol. The molecule has 140 valence electrons. The van der Waals surface area contributed by atoms with Crippen molar-refractivity contribution in [3.05, 3.63) is 23.5 Å². The Morgan fingerprint density at radius 3 is 2.31 bits per heavy atom. The maximum absolute atomic E-state index is 13.7. The number of fused-ring (bicyclic) bond motifs is 1. The molecule has 5 aliphatic rings. The first-order chi connectivity index (χ1) is 12.5. The van der Waals surface area contributed by atoms with Crippen molar-refractivity contribution >= 4 is 11.8 Å². The molecule has 6 rings (SSSR count). The van der Waals surface area contributed by atoms with Crippen LogP contribution in [-0.4, -0.2) is 33.0 Å². The van der Waals surface area contributed by atoms with Crippen LogP contribution in [0.5, 0.6) is 0 Å². The topological polar surface area (TPSA) is 74.6 Å². The van der Waals surface area contributed by atoms with Gasteiger partial charge in [0.2, 0.25) is 5.91 Å². The smallest absolute Gasteiger partial charge is 0.276 e. The van der Waals surface area contributed by atoms with E-state index in [4.69, 9.17) is 5.21 Å². The van der Waals surface area contributed by atoms with Gasteiger partial charge in [-0.3, -0.25) is 14.8 Å². The highest BCUT2D eigenvalue weighted by Crippen LogP contribution is 2.61. The van der Waals surface area contributed by atoms with Crippen LogP contribution in [0, 0.1) is 23.2 Å². The molecule has 0 radical (unpaired) electrons. The Kier molecular flexibility index (Phi) is 3.52. The van der Waals surface area contributed by atoms with Crippen molar-refractivity contribution in [2.45, 2.75) is 58.0 Å². The van der Waals surface area contributed by atoms with Gasteiger partial charge in [0.05, 0.1) is 17.0 Å². The Bertz CT molecular complexity index is 733. The average Bonchev–Trinajstić information content (AvgIpc) is 3.05. The van der Waals surface area contributed by atoms with Crippen LogP contribution >= 0.6 is 0 Å². The number of nitrogens with one attached hydrogen (secondary N) is 1. The predicted octanol–water partition coefficient (Wildman–Crippen LogP) is 2.73. The van der Waals surface area contributed by atoms with Gasteiger partial charge in [-0.25, -0.2) is 5.48 Å². The van der Waals surface area contributed by atoms with Crippen LogP contribution in [-0.2, 0) is 11.3 Å². The summed E-state index contributed by atoms with van der Waals surface area (Å²) >= 11 is 0. The van der Waals surface area contributed by atoms with Gasteiger partial charge in [0, 0.05) is 25.0 Å². The summed E-state index contributed by atoms with van der Waals surface area (Å²) in [6.07, 6.45) is 9.03. The number of nitrogens with zero attached hydrogens (tertiary/aromatic N) is 2. The van der Waals surface area contributed by atoms with Gasteiger partial charge < -0.3 is 9.47 Å². The largest absolute Gasteiger partial charge is 0.347 e. The second-order valence-corrected chi connectivity index (χ2v) is 9.16. The molecule has 1 unspecified atom stereocenters. The summed E-state index contributed by atoms with van der Waals surface area (Å²) in [5, 5.41) is 8.88. The molecule has 1 aromatic rings. The van der Waals surface area contributed by atoms with E-state index in [1.165, 1.54) is 19.3 Å². The van der Waals surface area contributed by atoms with E-state index >= 15 is 0 Å². The molecule has 2 N–H and O–H groups in total. The van der Waals surface area contributed by atoms with E-state index in [1.54, 1.807) is 17.7 Å². The minimum Gasteiger partial charge on any atom is -0.347 e. The second-order valence-electron chi connectivity index (χ2n) is 9.16. The van der Waals surface area contributed by atoms with Crippen LogP contribution in [0.4, 0.5) is 0 Å². The second kappa shape index (κ2) is 5.59. The number of amides is 2. The summed E-state index contributed by atoms with van der Waals surface area (Å²) in [6.45, 7) is 3.46. The summed E-state index contributed by atoms with van der Waals surface area (Å²) < 4.78 is 2.04. The average molecular weight is 357 g/mol. The minimum atomic E-state index is -0.502. The lowest BCUT2D eigenvalue weighted by Gasteiger charge is -2.57. The van der Waals surface area contributed by atoms with Crippen molar-refractivity contribution in [3.63, 3.8) is 0 Å². The highest BCUT2D eigenvalue weighted by Gasteiger charge is 2.56. The van der Waals surface area contributed by atoms with Crippen LogP contribution in [0.2, 0.25) is 0 Å². The first kappa shape index (κ1) is 16.4. The summed E-state index contributed by atoms with van der Waals surface area (Å²) in [6, 6.07) is 1.76. The lowest BCUT2D eigenvalue weighted by Crippen LogP contribution is -2.56. The third-order valence-electron chi connectivity index (χ3n) is 7.52. The van der Waals surface area contributed by atoms with Gasteiger partial charge in [-0.15, -0.1) is 0 Å². The molecule has 2 amide bonds. The van der Waals surface area contributed by atoms with Crippen LogP contribution < -0.4 is 5.48 Å². The molecule has 0 saturated heterocycles. The van der Waals surface area contributed by atoms with Crippen LogP contribution in [0.25, 0.3) is 0 Å². The fourth-order valence-corrected chi connectivity index (χ4v) is 6.79. The lowest BCUT2D eigenvalue weighted by atomic mass is 9.49. The van der Waals surface area contributed by atoms with E-state index in [0.29, 0.717) is 24.6 Å². The molecule has 2 heterocycles. The zero-order valence-electron chi connectivity index (χ0n) is 15.3. The van der Waals surface area contributed by atoms with Gasteiger partial charge in [0.1, 0.15) is 0 Å². The third kappa shape index (κ3) is 2.27. The normalized spacial score (nSPS) is 37.5. The fourth-order valence-electron chi connectivity index (χ4n) is 6.79. The number of hydroxylamine groups is 1. The molecule has 4 bridgehead atoms. The Hall–Kier alpha value is -1.82. The SMILES string of the molecule is CC1c2cc(C(=O)NO)cn2CCN1C(=O)C12CC3CC(CC(C3)C1)C2. The van der Waals surface area contributed by atoms with E-state index < -0.39 is 5.91 Å². The zero-order chi connectivity index (χ0) is 18.1. The molecule has 6 heteroatoms. The maximum Gasteiger partial charge on any atom is 0.276 e. The van der Waals surface area contributed by atoms with Gasteiger partial charge >= 0.3 is 0 Å². The van der Waals surface area contributed by atoms with Crippen LogP contribution in [0.15, 0.2) is 12.3 Å². The molecule has 1 aromatic heterocycles. The lowest BCUT2D eigenvalue weighted by molar-refractivity contribution is -0.161. The van der Waals surface area contributed by atoms with Crippen molar-refractivity contribution in [1.29, 1.82) is 0 Å². The Morgan fingerprint density at radius 2 is 1.73 bits per heavy atom. The molecule has 26 heavy (non-hydrogen) atoms. The number of carbonyl (C=O) groups is 2. The summed E-state index contributed by atoms with van der Waals surface area (Å²) in [4.78, 5) is 27.5. The molecular formula is C20H27N3O3. The van der Waals surface area contributed by atoms with Crippen molar-refractivity contribution in [2.24, 2.45) is 23.2 Å².